The monoisotopic (exact) mass is 367 g/mol. The van der Waals surface area contributed by atoms with E-state index >= 15 is 0 Å². The third-order valence-corrected chi connectivity index (χ3v) is 4.87. The molecule has 0 aliphatic carbocycles. The summed E-state index contributed by atoms with van der Waals surface area (Å²) in [6.07, 6.45) is 0.149. The molecule has 0 saturated heterocycles. The summed E-state index contributed by atoms with van der Waals surface area (Å²) >= 11 is 1.17. The molecule has 2 aromatic carbocycles. The van der Waals surface area contributed by atoms with Gasteiger partial charge in [-0.1, -0.05) is 30.3 Å². The minimum Gasteiger partial charge on any atom is -0.511 e. The molecule has 0 atom stereocenters. The van der Waals surface area contributed by atoms with Crippen LogP contribution in [0, 0.1) is 0 Å². The fraction of sp³-hybridized carbons (Fsp3) is 0.150. The van der Waals surface area contributed by atoms with E-state index in [9.17, 15) is 14.7 Å². The lowest BCUT2D eigenvalue weighted by molar-refractivity contribution is -0.112. The Morgan fingerprint density at radius 3 is 2.46 bits per heavy atom. The average Bonchev–Trinajstić information content (AvgIpc) is 2.66. The molecule has 26 heavy (non-hydrogen) atoms. The van der Waals surface area contributed by atoms with Crippen LogP contribution in [0.3, 0.4) is 0 Å². The number of hydrogen-bond donors (Lipinski definition) is 1. The highest BCUT2D eigenvalue weighted by Gasteiger charge is 2.24. The first kappa shape index (κ1) is 17.9. The van der Waals surface area contributed by atoms with Gasteiger partial charge in [0, 0.05) is 5.56 Å². The molecular formula is C20H17NO4S. The van der Waals surface area contributed by atoms with Gasteiger partial charge in [0.25, 0.3) is 5.91 Å². The van der Waals surface area contributed by atoms with Gasteiger partial charge in [0.05, 0.1) is 29.9 Å². The summed E-state index contributed by atoms with van der Waals surface area (Å²) in [5, 5.41) is 10.7. The van der Waals surface area contributed by atoms with E-state index in [0.29, 0.717) is 21.9 Å². The number of ether oxygens (including phenoxy) is 1. The zero-order valence-corrected chi connectivity index (χ0v) is 15.0. The van der Waals surface area contributed by atoms with E-state index in [-0.39, 0.29) is 29.3 Å². The minimum atomic E-state index is -0.487. The average molecular weight is 367 g/mol. The van der Waals surface area contributed by atoms with Gasteiger partial charge in [-0.2, -0.15) is 0 Å². The van der Waals surface area contributed by atoms with Crippen LogP contribution in [0.2, 0.25) is 0 Å². The first-order valence-corrected chi connectivity index (χ1v) is 8.96. The molecule has 0 aromatic heterocycles. The van der Waals surface area contributed by atoms with Crippen molar-refractivity contribution < 1.29 is 19.4 Å². The standard InChI is InChI=1S/C20H17NO4S/c1-25-15-9-7-13(8-10-15)17(23)12-26-18-11-16(22)19(20(24)21-18)14-5-3-2-4-6-14/h2-10,22H,11-12H2,1H3. The second kappa shape index (κ2) is 8.01. The van der Waals surface area contributed by atoms with Gasteiger partial charge < -0.3 is 9.84 Å². The van der Waals surface area contributed by atoms with Crippen LogP contribution in [0.4, 0.5) is 0 Å². The highest BCUT2D eigenvalue weighted by molar-refractivity contribution is 8.14. The fourth-order valence-electron chi connectivity index (χ4n) is 2.55. The second-order valence-corrected chi connectivity index (χ2v) is 6.66. The molecule has 3 rings (SSSR count). The Hall–Kier alpha value is -2.86. The maximum absolute atomic E-state index is 12.3. The van der Waals surface area contributed by atoms with Gasteiger partial charge in [0.1, 0.15) is 11.5 Å². The smallest absolute Gasteiger partial charge is 0.281 e. The first-order valence-electron chi connectivity index (χ1n) is 7.98. The van der Waals surface area contributed by atoms with E-state index in [1.54, 1.807) is 55.6 Å². The predicted octanol–water partition coefficient (Wildman–Crippen LogP) is 3.91. The van der Waals surface area contributed by atoms with E-state index in [0.717, 1.165) is 0 Å². The van der Waals surface area contributed by atoms with Gasteiger partial charge in [-0.05, 0) is 29.8 Å². The third-order valence-electron chi connectivity index (χ3n) is 3.89. The Labute approximate surface area is 155 Å². The van der Waals surface area contributed by atoms with E-state index in [4.69, 9.17) is 4.74 Å². The number of carbonyl (C=O) groups is 2. The van der Waals surface area contributed by atoms with E-state index in [2.05, 4.69) is 4.99 Å². The van der Waals surface area contributed by atoms with E-state index < -0.39 is 5.91 Å². The van der Waals surface area contributed by atoms with Gasteiger partial charge in [0.2, 0.25) is 0 Å². The number of aliphatic hydroxyl groups excluding tert-OH is 1. The summed E-state index contributed by atoms with van der Waals surface area (Å²) < 4.78 is 5.07. The third kappa shape index (κ3) is 4.03. The van der Waals surface area contributed by atoms with Crippen molar-refractivity contribution in [2.24, 2.45) is 4.99 Å². The van der Waals surface area contributed by atoms with Crippen molar-refractivity contribution in [3.05, 3.63) is 71.5 Å². The molecule has 2 aromatic rings. The Kier molecular flexibility index (Phi) is 5.53. The quantitative estimate of drug-likeness (QED) is 0.811. The number of benzene rings is 2. The summed E-state index contributed by atoms with van der Waals surface area (Å²) in [6.45, 7) is 0. The lowest BCUT2D eigenvalue weighted by Crippen LogP contribution is -2.15. The molecule has 0 radical (unpaired) electrons. The number of Topliss-reactive ketones (excluding diaryl/α,β-unsaturated/α-hetero) is 1. The topological polar surface area (TPSA) is 76.0 Å². The first-order chi connectivity index (χ1) is 12.6. The normalized spacial score (nSPS) is 14.2. The Morgan fingerprint density at radius 2 is 1.85 bits per heavy atom. The number of aliphatic imine (C=N–C) groups is 1. The molecule has 1 aliphatic rings. The Balaban J connectivity index is 1.65. The number of thioether (sulfide) groups is 1. The van der Waals surface area contributed by atoms with Crippen LogP contribution in [-0.2, 0) is 4.79 Å². The van der Waals surface area contributed by atoms with Crippen LogP contribution in [0.15, 0.2) is 65.3 Å². The van der Waals surface area contributed by atoms with Crippen molar-refractivity contribution in [1.82, 2.24) is 0 Å². The number of hydrogen-bond acceptors (Lipinski definition) is 5. The van der Waals surface area contributed by atoms with Crippen LogP contribution in [0.25, 0.3) is 5.57 Å². The Bertz CT molecular complexity index is 886. The number of dihydropyridines is 1. The molecule has 0 saturated carbocycles. The van der Waals surface area contributed by atoms with Crippen LogP contribution in [-0.4, -0.2) is 34.7 Å². The molecule has 1 N–H and O–H groups in total. The number of nitrogens with zero attached hydrogens (tertiary/aromatic N) is 1. The van der Waals surface area contributed by atoms with Crippen molar-refractivity contribution >= 4 is 34.1 Å². The molecule has 5 nitrogen and oxygen atoms in total. The maximum Gasteiger partial charge on any atom is 0.281 e. The molecule has 1 aliphatic heterocycles. The molecule has 0 unspecified atom stereocenters. The molecule has 132 valence electrons. The summed E-state index contributed by atoms with van der Waals surface area (Å²) in [5.41, 5.74) is 1.42. The summed E-state index contributed by atoms with van der Waals surface area (Å²) in [6, 6.07) is 15.8. The van der Waals surface area contributed by atoms with Crippen molar-refractivity contribution in [1.29, 1.82) is 0 Å². The van der Waals surface area contributed by atoms with Gasteiger partial charge in [0.15, 0.2) is 5.78 Å². The number of allylic oxidation sites excluding steroid dienone is 1. The predicted molar refractivity (Wildman–Crippen MR) is 103 cm³/mol. The molecule has 1 heterocycles. The number of amides is 1. The molecule has 0 fully saturated rings. The van der Waals surface area contributed by atoms with E-state index in [1.807, 2.05) is 6.07 Å². The summed E-state index contributed by atoms with van der Waals surface area (Å²) in [7, 11) is 1.56. The van der Waals surface area contributed by atoms with E-state index in [1.165, 1.54) is 11.8 Å². The highest BCUT2D eigenvalue weighted by atomic mass is 32.2. The minimum absolute atomic E-state index is 0.0180. The largest absolute Gasteiger partial charge is 0.511 e. The van der Waals surface area contributed by atoms with Gasteiger partial charge in [-0.15, -0.1) is 11.8 Å². The van der Waals surface area contributed by atoms with Crippen molar-refractivity contribution in [2.75, 3.05) is 12.9 Å². The van der Waals surface area contributed by atoms with Gasteiger partial charge in [-0.25, -0.2) is 4.99 Å². The molecule has 0 bridgehead atoms. The number of ketones is 1. The molecule has 6 heteroatoms. The highest BCUT2D eigenvalue weighted by Crippen LogP contribution is 2.28. The molecule has 0 spiro atoms. The summed E-state index contributed by atoms with van der Waals surface area (Å²) in [5.74, 6) is 0.242. The van der Waals surface area contributed by atoms with Crippen molar-refractivity contribution in [2.45, 2.75) is 6.42 Å². The molecular weight excluding hydrogens is 350 g/mol. The molecule has 1 amide bonds. The van der Waals surface area contributed by atoms with Gasteiger partial charge in [-0.3, -0.25) is 9.59 Å². The number of rotatable bonds is 5. The summed E-state index contributed by atoms with van der Waals surface area (Å²) in [4.78, 5) is 28.6. The van der Waals surface area contributed by atoms with Crippen LogP contribution in [0.5, 0.6) is 5.75 Å². The van der Waals surface area contributed by atoms with Crippen molar-refractivity contribution in [3.63, 3.8) is 0 Å². The number of aliphatic hydroxyl groups is 1. The lowest BCUT2D eigenvalue weighted by atomic mass is 10.0. The van der Waals surface area contributed by atoms with Crippen molar-refractivity contribution in [3.8, 4) is 5.75 Å². The van der Waals surface area contributed by atoms with Crippen LogP contribution in [0.1, 0.15) is 22.3 Å². The van der Waals surface area contributed by atoms with Gasteiger partial charge >= 0.3 is 0 Å². The Morgan fingerprint density at radius 1 is 1.15 bits per heavy atom. The van der Waals surface area contributed by atoms with Crippen LogP contribution >= 0.6 is 11.8 Å². The lowest BCUT2D eigenvalue weighted by Gasteiger charge is -2.15. The fourth-order valence-corrected chi connectivity index (χ4v) is 3.40. The zero-order chi connectivity index (χ0) is 18.5. The zero-order valence-electron chi connectivity index (χ0n) is 14.1. The number of carbonyl (C=O) groups excluding carboxylic acids is 2. The second-order valence-electron chi connectivity index (χ2n) is 5.62. The van der Waals surface area contributed by atoms with Crippen LogP contribution < -0.4 is 4.74 Å². The SMILES string of the molecule is COc1ccc(C(=O)CSC2=NC(=O)C(c3ccccc3)=C(O)C2)cc1. The number of methoxy groups -OCH3 is 1. The maximum atomic E-state index is 12.3.